The highest BCUT2D eigenvalue weighted by atomic mass is 35.5. The molecule has 3 aromatic carbocycles. The van der Waals surface area contributed by atoms with E-state index in [9.17, 15) is 14.4 Å². The first-order valence-corrected chi connectivity index (χ1v) is 11.2. The van der Waals surface area contributed by atoms with Crippen molar-refractivity contribution in [1.29, 1.82) is 0 Å². The van der Waals surface area contributed by atoms with Crippen LogP contribution in [0.4, 0.5) is 5.69 Å². The van der Waals surface area contributed by atoms with Crippen molar-refractivity contribution in [3.8, 4) is 5.75 Å². The van der Waals surface area contributed by atoms with E-state index in [1.165, 1.54) is 6.07 Å². The number of ether oxygens (including phenoxy) is 1. The summed E-state index contributed by atoms with van der Waals surface area (Å²) in [7, 11) is 0. The predicted molar refractivity (Wildman–Crippen MR) is 136 cm³/mol. The summed E-state index contributed by atoms with van der Waals surface area (Å²) in [4.78, 5) is 36.0. The van der Waals surface area contributed by atoms with Gasteiger partial charge in [0, 0.05) is 23.3 Å². The summed E-state index contributed by atoms with van der Waals surface area (Å²) in [5.41, 5.74) is 5.11. The van der Waals surface area contributed by atoms with E-state index in [-0.39, 0.29) is 29.6 Å². The van der Waals surface area contributed by atoms with Crippen molar-refractivity contribution in [2.24, 2.45) is 0 Å². The minimum atomic E-state index is -0.501. The fourth-order valence-electron chi connectivity index (χ4n) is 2.88. The van der Waals surface area contributed by atoms with Crippen molar-refractivity contribution < 1.29 is 19.1 Å². The Morgan fingerprint density at radius 2 is 1.59 bits per heavy atom. The third-order valence-electron chi connectivity index (χ3n) is 4.46. The molecule has 3 rings (SSSR count). The van der Waals surface area contributed by atoms with Gasteiger partial charge in [0.25, 0.3) is 5.91 Å². The number of hydrogen-bond acceptors (Lipinski definition) is 5. The first-order valence-electron chi connectivity index (χ1n) is 10.1. The molecule has 0 radical (unpaired) electrons. The van der Waals surface area contributed by atoms with Crippen LogP contribution in [-0.4, -0.2) is 29.4 Å². The molecule has 0 aliphatic rings. The van der Waals surface area contributed by atoms with Crippen LogP contribution in [0.2, 0.25) is 10.0 Å². The molecule has 0 heterocycles. The van der Waals surface area contributed by atoms with Gasteiger partial charge in [-0.15, -0.1) is 0 Å². The number of halogens is 2. The topological polar surface area (TPSA) is 109 Å². The van der Waals surface area contributed by atoms with Gasteiger partial charge in [-0.1, -0.05) is 59.6 Å². The monoisotopic (exact) mass is 518 g/mol. The molecule has 0 aliphatic carbocycles. The van der Waals surface area contributed by atoms with Crippen LogP contribution >= 0.6 is 35.4 Å². The first-order chi connectivity index (χ1) is 16.3. The Morgan fingerprint density at radius 1 is 0.853 bits per heavy atom. The van der Waals surface area contributed by atoms with E-state index >= 15 is 0 Å². The van der Waals surface area contributed by atoms with Crippen molar-refractivity contribution in [1.82, 2.24) is 16.2 Å². The van der Waals surface area contributed by atoms with Gasteiger partial charge in [0.2, 0.25) is 11.8 Å². The van der Waals surface area contributed by atoms with Gasteiger partial charge in [-0.25, -0.2) is 0 Å². The zero-order valence-corrected chi connectivity index (χ0v) is 20.0. The summed E-state index contributed by atoms with van der Waals surface area (Å²) >= 11 is 16.8. The zero-order valence-electron chi connectivity index (χ0n) is 17.7. The van der Waals surface area contributed by atoms with Gasteiger partial charge in [0.1, 0.15) is 5.75 Å². The van der Waals surface area contributed by atoms with Crippen LogP contribution in [0.1, 0.15) is 12.8 Å². The summed E-state index contributed by atoms with van der Waals surface area (Å²) in [6.07, 6.45) is -0.213. The number of hydrogen-bond donors (Lipinski definition) is 4. The average Bonchev–Trinajstić information content (AvgIpc) is 2.82. The molecule has 0 saturated carbocycles. The highest BCUT2D eigenvalue weighted by Crippen LogP contribution is 2.26. The lowest BCUT2D eigenvalue weighted by Crippen LogP contribution is -2.49. The van der Waals surface area contributed by atoms with Crippen molar-refractivity contribution in [3.05, 3.63) is 70.7 Å². The van der Waals surface area contributed by atoms with Crippen LogP contribution in [0.3, 0.4) is 0 Å². The molecule has 0 aromatic heterocycles. The van der Waals surface area contributed by atoms with Gasteiger partial charge in [-0.05, 0) is 41.9 Å². The molecule has 3 amide bonds. The Hall–Kier alpha value is -3.40. The lowest BCUT2D eigenvalue weighted by Gasteiger charge is -2.12. The normalized spacial score (nSPS) is 10.3. The molecule has 4 N–H and O–H groups in total. The minimum Gasteiger partial charge on any atom is -0.483 e. The van der Waals surface area contributed by atoms with E-state index in [2.05, 4.69) is 21.5 Å². The lowest BCUT2D eigenvalue weighted by molar-refractivity contribution is -0.125. The molecule has 176 valence electrons. The third kappa shape index (κ3) is 7.58. The Bertz CT molecular complexity index is 1230. The highest BCUT2D eigenvalue weighted by Gasteiger charge is 2.11. The zero-order chi connectivity index (χ0) is 24.5. The second-order valence-corrected chi connectivity index (χ2v) is 8.24. The molecular weight excluding hydrogens is 499 g/mol. The van der Waals surface area contributed by atoms with Crippen molar-refractivity contribution in [2.45, 2.75) is 12.8 Å². The maximum atomic E-state index is 12.1. The number of fused-ring (bicyclic) bond motifs is 1. The quantitative estimate of drug-likeness (QED) is 0.278. The second-order valence-electron chi connectivity index (χ2n) is 6.99. The largest absolute Gasteiger partial charge is 0.483 e. The van der Waals surface area contributed by atoms with Crippen LogP contribution in [0.15, 0.2) is 60.7 Å². The molecule has 0 fully saturated rings. The Labute approximate surface area is 210 Å². The second kappa shape index (κ2) is 12.2. The van der Waals surface area contributed by atoms with Crippen LogP contribution in [0.25, 0.3) is 10.8 Å². The summed E-state index contributed by atoms with van der Waals surface area (Å²) < 4.78 is 5.59. The number of carbonyl (C=O) groups excluding carboxylic acids is 3. The molecule has 0 spiro atoms. The fourth-order valence-corrected chi connectivity index (χ4v) is 3.50. The minimum absolute atomic E-state index is 0.0928. The summed E-state index contributed by atoms with van der Waals surface area (Å²) in [5, 5.41) is 7.49. The highest BCUT2D eigenvalue weighted by molar-refractivity contribution is 7.80. The summed E-state index contributed by atoms with van der Waals surface area (Å²) in [6, 6.07) is 17.8. The van der Waals surface area contributed by atoms with E-state index < -0.39 is 17.7 Å². The molecule has 0 saturated heterocycles. The van der Waals surface area contributed by atoms with Crippen molar-refractivity contribution in [3.63, 3.8) is 0 Å². The smallest absolute Gasteiger partial charge is 0.264 e. The number of anilines is 1. The molecule has 34 heavy (non-hydrogen) atoms. The van der Waals surface area contributed by atoms with Crippen LogP contribution in [0, 0.1) is 0 Å². The first kappa shape index (κ1) is 25.2. The predicted octanol–water partition coefficient (Wildman–Crippen LogP) is 3.97. The van der Waals surface area contributed by atoms with E-state index in [0.717, 1.165) is 10.8 Å². The number of carbonyl (C=O) groups is 3. The number of amides is 3. The third-order valence-corrected chi connectivity index (χ3v) is 5.21. The number of hydrazine groups is 1. The maximum Gasteiger partial charge on any atom is 0.264 e. The van der Waals surface area contributed by atoms with Crippen LogP contribution in [0.5, 0.6) is 5.75 Å². The van der Waals surface area contributed by atoms with Crippen molar-refractivity contribution >= 4 is 74.7 Å². The van der Waals surface area contributed by atoms with Crippen LogP contribution in [-0.2, 0) is 14.4 Å². The molecule has 0 atom stereocenters. The standard InChI is InChI=1S/C23H20Cl2N4O4S/c24-15-8-9-18(17(25)12-15)26-20(30)10-11-21(31)28-29-23(34)27-22(32)13-33-19-7-3-5-14-4-1-2-6-16(14)19/h1-9,12H,10-11,13H2,(H,26,30)(H,28,31)(H2,27,29,32,34). The van der Waals surface area contributed by atoms with Gasteiger partial charge >= 0.3 is 0 Å². The molecular formula is C23H20Cl2N4O4S. The van der Waals surface area contributed by atoms with Gasteiger partial charge in [-0.2, -0.15) is 0 Å². The Kier molecular flexibility index (Phi) is 9.03. The van der Waals surface area contributed by atoms with Gasteiger partial charge < -0.3 is 10.1 Å². The summed E-state index contributed by atoms with van der Waals surface area (Å²) in [6.45, 7) is -0.267. The van der Waals surface area contributed by atoms with E-state index in [0.29, 0.717) is 16.5 Å². The Balaban J connectivity index is 1.35. The van der Waals surface area contributed by atoms with Crippen molar-refractivity contribution in [2.75, 3.05) is 11.9 Å². The maximum absolute atomic E-state index is 12.1. The molecule has 0 unspecified atom stereocenters. The van der Waals surface area contributed by atoms with E-state index in [4.69, 9.17) is 40.2 Å². The summed E-state index contributed by atoms with van der Waals surface area (Å²) in [5.74, 6) is -0.834. The average molecular weight is 519 g/mol. The fraction of sp³-hybridized carbons (Fsp3) is 0.130. The SMILES string of the molecule is O=C(CCC(=O)Nc1ccc(Cl)cc1Cl)NNC(=S)NC(=O)COc1cccc2ccccc12. The van der Waals surface area contributed by atoms with E-state index in [1.807, 2.05) is 36.4 Å². The molecule has 8 nitrogen and oxygen atoms in total. The van der Waals surface area contributed by atoms with Gasteiger partial charge in [0.15, 0.2) is 11.7 Å². The molecule has 3 aromatic rings. The number of benzene rings is 3. The number of nitrogens with one attached hydrogen (secondary N) is 4. The number of thiocarbonyl (C=S) groups is 1. The molecule has 11 heteroatoms. The Morgan fingerprint density at radius 3 is 2.38 bits per heavy atom. The molecule has 0 aliphatic heterocycles. The van der Waals surface area contributed by atoms with E-state index in [1.54, 1.807) is 18.2 Å². The molecule has 0 bridgehead atoms. The van der Waals surface area contributed by atoms with Gasteiger partial charge in [0.05, 0.1) is 10.7 Å². The number of rotatable bonds is 7. The van der Waals surface area contributed by atoms with Crippen LogP contribution < -0.4 is 26.2 Å². The lowest BCUT2D eigenvalue weighted by atomic mass is 10.1. The van der Waals surface area contributed by atoms with Gasteiger partial charge in [-0.3, -0.25) is 30.6 Å².